The number of aromatic nitrogens is 1. The zero-order valence-corrected chi connectivity index (χ0v) is 19.2. The minimum absolute atomic E-state index is 0. The fourth-order valence-corrected chi connectivity index (χ4v) is 3.46. The number of benzene rings is 1. The van der Waals surface area contributed by atoms with E-state index in [1.54, 1.807) is 24.5 Å². The summed E-state index contributed by atoms with van der Waals surface area (Å²) in [5.41, 5.74) is 2.11. The highest BCUT2D eigenvalue weighted by Gasteiger charge is 2.38. The van der Waals surface area contributed by atoms with Crippen molar-refractivity contribution in [3.05, 3.63) is 66.0 Å². The molecule has 1 saturated carbocycles. The lowest BCUT2D eigenvalue weighted by Gasteiger charge is -2.41. The van der Waals surface area contributed by atoms with Crippen molar-refractivity contribution in [2.24, 2.45) is 4.99 Å². The van der Waals surface area contributed by atoms with Crippen molar-refractivity contribution in [2.45, 2.75) is 31.6 Å². The fourth-order valence-electron chi connectivity index (χ4n) is 3.46. The quantitative estimate of drug-likeness (QED) is 0.222. The fraction of sp³-hybridized carbons (Fsp3) is 0.409. The molecular formula is C22H30IN5O. The van der Waals surface area contributed by atoms with Crippen LogP contribution in [0, 0.1) is 0 Å². The van der Waals surface area contributed by atoms with E-state index >= 15 is 0 Å². The van der Waals surface area contributed by atoms with E-state index in [9.17, 15) is 4.79 Å². The molecule has 1 aromatic carbocycles. The molecule has 1 aliphatic carbocycles. The molecule has 1 amide bonds. The second-order valence-electron chi connectivity index (χ2n) is 7.12. The summed E-state index contributed by atoms with van der Waals surface area (Å²) in [6.07, 6.45) is 6.84. The summed E-state index contributed by atoms with van der Waals surface area (Å²) in [5, 5.41) is 9.49. The summed E-state index contributed by atoms with van der Waals surface area (Å²) in [4.78, 5) is 20.8. The highest BCUT2D eigenvalue weighted by atomic mass is 127. The number of carbonyl (C=O) groups is 1. The third-order valence-corrected chi connectivity index (χ3v) is 5.21. The van der Waals surface area contributed by atoms with Crippen LogP contribution in [0.25, 0.3) is 0 Å². The second-order valence-corrected chi connectivity index (χ2v) is 7.12. The van der Waals surface area contributed by atoms with E-state index in [0.717, 1.165) is 19.0 Å². The lowest BCUT2D eigenvalue weighted by molar-refractivity contribution is 0.0954. The van der Waals surface area contributed by atoms with Crippen LogP contribution < -0.4 is 16.0 Å². The SMILES string of the molecule is CCNC(=NCC1(c2ccccc2)CCC1)NCCNC(=O)c1cccnc1.I. The van der Waals surface area contributed by atoms with Crippen LogP contribution in [0.15, 0.2) is 59.9 Å². The van der Waals surface area contributed by atoms with Gasteiger partial charge in [-0.1, -0.05) is 36.8 Å². The molecule has 29 heavy (non-hydrogen) atoms. The maximum absolute atomic E-state index is 12.1. The zero-order valence-electron chi connectivity index (χ0n) is 16.9. The molecule has 1 aromatic heterocycles. The molecule has 6 nitrogen and oxygen atoms in total. The molecule has 3 N–H and O–H groups in total. The average molecular weight is 507 g/mol. The van der Waals surface area contributed by atoms with Crippen LogP contribution in [0.1, 0.15) is 42.1 Å². The highest BCUT2D eigenvalue weighted by Crippen LogP contribution is 2.43. The van der Waals surface area contributed by atoms with E-state index < -0.39 is 0 Å². The molecule has 0 spiro atoms. The van der Waals surface area contributed by atoms with Crippen molar-refractivity contribution in [3.8, 4) is 0 Å². The van der Waals surface area contributed by atoms with E-state index in [-0.39, 0.29) is 35.3 Å². The van der Waals surface area contributed by atoms with Gasteiger partial charge in [-0.05, 0) is 37.5 Å². The van der Waals surface area contributed by atoms with E-state index in [1.165, 1.54) is 24.8 Å². The number of nitrogens with one attached hydrogen (secondary N) is 3. The highest BCUT2D eigenvalue weighted by molar-refractivity contribution is 14.0. The number of nitrogens with zero attached hydrogens (tertiary/aromatic N) is 2. The number of guanidine groups is 1. The van der Waals surface area contributed by atoms with E-state index in [1.807, 2.05) is 0 Å². The van der Waals surface area contributed by atoms with Gasteiger partial charge in [-0.25, -0.2) is 0 Å². The van der Waals surface area contributed by atoms with Gasteiger partial charge < -0.3 is 16.0 Å². The van der Waals surface area contributed by atoms with Crippen molar-refractivity contribution in [2.75, 3.05) is 26.2 Å². The Hall–Kier alpha value is -2.16. The first kappa shape index (κ1) is 23.1. The first-order chi connectivity index (χ1) is 13.7. The number of halogens is 1. The molecule has 1 fully saturated rings. The minimum atomic E-state index is -0.116. The van der Waals surface area contributed by atoms with Gasteiger partial charge in [0.1, 0.15) is 0 Å². The Morgan fingerprint density at radius 3 is 2.45 bits per heavy atom. The summed E-state index contributed by atoms with van der Waals surface area (Å²) in [7, 11) is 0. The number of aliphatic imine (C=N–C) groups is 1. The number of pyridine rings is 1. The third kappa shape index (κ3) is 6.42. The summed E-state index contributed by atoms with van der Waals surface area (Å²) in [6.45, 7) is 4.75. The lowest BCUT2D eigenvalue weighted by atomic mass is 9.64. The van der Waals surface area contributed by atoms with Crippen molar-refractivity contribution >= 4 is 35.8 Å². The summed E-state index contributed by atoms with van der Waals surface area (Å²) in [5.74, 6) is 0.676. The van der Waals surface area contributed by atoms with Gasteiger partial charge in [0.25, 0.3) is 5.91 Å². The second kappa shape index (κ2) is 11.7. The van der Waals surface area contributed by atoms with Crippen molar-refractivity contribution in [1.29, 1.82) is 0 Å². The molecule has 0 saturated heterocycles. The largest absolute Gasteiger partial charge is 0.357 e. The number of hydrogen-bond acceptors (Lipinski definition) is 3. The maximum atomic E-state index is 12.1. The predicted molar refractivity (Wildman–Crippen MR) is 128 cm³/mol. The first-order valence-corrected chi connectivity index (χ1v) is 9.99. The van der Waals surface area contributed by atoms with Crippen LogP contribution in [0.4, 0.5) is 0 Å². The standard InChI is InChI=1S/C22H29N5O.HI/c1-2-24-21(26-15-14-25-20(28)18-8-6-13-23-16-18)27-17-22(11-7-12-22)19-9-4-3-5-10-19;/h3-6,8-10,13,16H,2,7,11-12,14-15,17H2,1H3,(H,25,28)(H2,24,26,27);1H. The number of hydrogen-bond donors (Lipinski definition) is 3. The van der Waals surface area contributed by atoms with Crippen LogP contribution in [0.3, 0.4) is 0 Å². The Kier molecular flexibility index (Phi) is 9.37. The Bertz CT molecular complexity index is 778. The smallest absolute Gasteiger partial charge is 0.252 e. The van der Waals surface area contributed by atoms with Crippen LogP contribution in [-0.4, -0.2) is 43.0 Å². The molecule has 0 unspecified atom stereocenters. The van der Waals surface area contributed by atoms with Gasteiger partial charge in [0.15, 0.2) is 5.96 Å². The summed E-state index contributed by atoms with van der Waals surface area (Å²) >= 11 is 0. The van der Waals surface area contributed by atoms with Gasteiger partial charge in [-0.15, -0.1) is 24.0 Å². The van der Waals surface area contributed by atoms with Crippen LogP contribution in [0.5, 0.6) is 0 Å². The van der Waals surface area contributed by atoms with Gasteiger partial charge in [0, 0.05) is 37.4 Å². The van der Waals surface area contributed by atoms with Gasteiger partial charge in [-0.2, -0.15) is 0 Å². The Balaban J connectivity index is 0.00000300. The molecule has 3 rings (SSSR count). The molecule has 2 aromatic rings. The van der Waals surface area contributed by atoms with Crippen molar-refractivity contribution in [3.63, 3.8) is 0 Å². The van der Waals surface area contributed by atoms with E-state index in [2.05, 4.69) is 58.2 Å². The Morgan fingerprint density at radius 1 is 1.07 bits per heavy atom. The van der Waals surface area contributed by atoms with E-state index in [0.29, 0.717) is 18.7 Å². The van der Waals surface area contributed by atoms with Gasteiger partial charge >= 0.3 is 0 Å². The monoisotopic (exact) mass is 507 g/mol. The number of rotatable bonds is 8. The molecule has 7 heteroatoms. The molecule has 156 valence electrons. The van der Waals surface area contributed by atoms with Crippen LogP contribution in [0.2, 0.25) is 0 Å². The molecule has 1 heterocycles. The summed E-state index contributed by atoms with van der Waals surface area (Å²) < 4.78 is 0. The Labute approximate surface area is 190 Å². The molecule has 0 radical (unpaired) electrons. The molecular weight excluding hydrogens is 477 g/mol. The normalized spacial score (nSPS) is 14.9. The number of amides is 1. The summed E-state index contributed by atoms with van der Waals surface area (Å²) in [6, 6.07) is 14.2. The van der Waals surface area contributed by atoms with Gasteiger partial charge in [0.2, 0.25) is 0 Å². The molecule has 0 aliphatic heterocycles. The first-order valence-electron chi connectivity index (χ1n) is 9.99. The Morgan fingerprint density at radius 2 is 1.83 bits per heavy atom. The molecule has 1 aliphatic rings. The molecule has 0 atom stereocenters. The minimum Gasteiger partial charge on any atom is -0.357 e. The number of carbonyl (C=O) groups excluding carboxylic acids is 1. The zero-order chi connectivity index (χ0) is 19.7. The molecule has 0 bridgehead atoms. The van der Waals surface area contributed by atoms with E-state index in [4.69, 9.17) is 4.99 Å². The lowest BCUT2D eigenvalue weighted by Crippen LogP contribution is -2.43. The van der Waals surface area contributed by atoms with Crippen LogP contribution >= 0.6 is 24.0 Å². The van der Waals surface area contributed by atoms with Crippen molar-refractivity contribution < 1.29 is 4.79 Å². The maximum Gasteiger partial charge on any atom is 0.252 e. The average Bonchev–Trinajstić information content (AvgIpc) is 2.71. The van der Waals surface area contributed by atoms with Gasteiger partial charge in [-0.3, -0.25) is 14.8 Å². The third-order valence-electron chi connectivity index (χ3n) is 5.21. The van der Waals surface area contributed by atoms with Gasteiger partial charge in [0.05, 0.1) is 12.1 Å². The predicted octanol–water partition coefficient (Wildman–Crippen LogP) is 3.11. The van der Waals surface area contributed by atoms with Crippen molar-refractivity contribution in [1.82, 2.24) is 20.9 Å². The topological polar surface area (TPSA) is 78.4 Å². The van der Waals surface area contributed by atoms with Crippen LogP contribution in [-0.2, 0) is 5.41 Å².